The van der Waals surface area contributed by atoms with Crippen LogP contribution in [0.25, 0.3) is 10.8 Å². The van der Waals surface area contributed by atoms with Crippen molar-refractivity contribution in [1.29, 1.82) is 0 Å². The summed E-state index contributed by atoms with van der Waals surface area (Å²) in [4.78, 5) is 45.0. The van der Waals surface area contributed by atoms with E-state index in [1.807, 2.05) is 24.3 Å². The number of carbonyl (C=O) groups excluding carboxylic acids is 3. The van der Waals surface area contributed by atoms with E-state index in [0.29, 0.717) is 24.7 Å². The molecule has 6 rings (SSSR count). The van der Waals surface area contributed by atoms with E-state index in [-0.39, 0.29) is 41.5 Å². The smallest absolute Gasteiger partial charge is 0.233 e. The van der Waals surface area contributed by atoms with Crippen molar-refractivity contribution in [2.24, 2.45) is 29.6 Å². The molecular weight excluding hydrogens is 390 g/mol. The maximum atomic E-state index is 13.1. The number of hydrogen-bond donors (Lipinski definition) is 1. The van der Waals surface area contributed by atoms with Gasteiger partial charge < -0.3 is 5.32 Å². The molecule has 3 amide bonds. The van der Waals surface area contributed by atoms with Crippen molar-refractivity contribution in [3.05, 3.63) is 36.7 Å². The number of hydrogen-bond acceptors (Lipinski definition) is 4. The molecule has 1 aliphatic heterocycles. The highest BCUT2D eigenvalue weighted by atomic mass is 16.2. The van der Waals surface area contributed by atoms with Gasteiger partial charge in [-0.2, -0.15) is 0 Å². The Morgan fingerprint density at radius 3 is 2.29 bits per heavy atom. The van der Waals surface area contributed by atoms with Gasteiger partial charge in [-0.05, 0) is 56.8 Å². The van der Waals surface area contributed by atoms with E-state index in [1.165, 1.54) is 0 Å². The first-order valence-corrected chi connectivity index (χ1v) is 11.6. The van der Waals surface area contributed by atoms with Crippen LogP contribution in [0.5, 0.6) is 0 Å². The van der Waals surface area contributed by atoms with Crippen molar-refractivity contribution < 1.29 is 14.4 Å². The lowest BCUT2D eigenvalue weighted by molar-refractivity contribution is -0.144. The van der Waals surface area contributed by atoms with Gasteiger partial charge in [0, 0.05) is 28.9 Å². The molecule has 0 unspecified atom stereocenters. The highest BCUT2D eigenvalue weighted by Gasteiger charge is 2.61. The van der Waals surface area contributed by atoms with Gasteiger partial charge in [-0.3, -0.25) is 24.3 Å². The summed E-state index contributed by atoms with van der Waals surface area (Å²) in [7, 11) is 0. The van der Waals surface area contributed by atoms with Crippen molar-refractivity contribution in [2.75, 3.05) is 5.32 Å². The predicted octanol–water partition coefficient (Wildman–Crippen LogP) is 3.76. The van der Waals surface area contributed by atoms with Crippen LogP contribution in [0.3, 0.4) is 0 Å². The van der Waals surface area contributed by atoms with Gasteiger partial charge in [0.25, 0.3) is 0 Å². The molecule has 31 heavy (non-hydrogen) atoms. The molecule has 2 heterocycles. The van der Waals surface area contributed by atoms with Crippen LogP contribution >= 0.6 is 0 Å². The number of imide groups is 1. The predicted molar refractivity (Wildman–Crippen MR) is 116 cm³/mol. The lowest BCUT2D eigenvalue weighted by Crippen LogP contribution is -2.44. The lowest BCUT2D eigenvalue weighted by atomic mass is 9.81. The first-order valence-electron chi connectivity index (χ1n) is 11.6. The summed E-state index contributed by atoms with van der Waals surface area (Å²) in [6, 6.07) is 7.84. The highest BCUT2D eigenvalue weighted by Crippen LogP contribution is 2.56. The molecule has 1 N–H and O–H groups in total. The van der Waals surface area contributed by atoms with Gasteiger partial charge in [-0.25, -0.2) is 0 Å². The molecule has 3 aliphatic carbocycles. The molecule has 2 aromatic rings. The SMILES string of the molecule is O=C(Nc1cncc2ccccc12)C1CCC(N2C(=O)[C@@H]3[C@@H]4CC[C@@H](C4)[C@@H]3C2=O)CC1. The molecule has 3 saturated carbocycles. The van der Waals surface area contributed by atoms with Crippen LogP contribution in [0, 0.1) is 29.6 Å². The fourth-order valence-electron chi connectivity index (χ4n) is 6.84. The molecule has 1 aromatic carbocycles. The topological polar surface area (TPSA) is 79.4 Å². The summed E-state index contributed by atoms with van der Waals surface area (Å²) < 4.78 is 0. The van der Waals surface area contributed by atoms with Crippen LogP contribution in [0.1, 0.15) is 44.9 Å². The number of carbonyl (C=O) groups is 3. The molecule has 4 atom stereocenters. The molecule has 4 fully saturated rings. The van der Waals surface area contributed by atoms with Crippen LogP contribution < -0.4 is 5.32 Å². The number of nitrogens with one attached hydrogen (secondary N) is 1. The Balaban J connectivity index is 1.12. The third-order valence-electron chi connectivity index (χ3n) is 8.32. The monoisotopic (exact) mass is 417 g/mol. The second-order valence-electron chi connectivity index (χ2n) is 9.83. The number of likely N-dealkylation sites (tertiary alicyclic amines) is 1. The Bertz CT molecular complexity index is 1040. The Hall–Kier alpha value is -2.76. The van der Waals surface area contributed by atoms with Crippen LogP contribution in [-0.2, 0) is 14.4 Å². The maximum absolute atomic E-state index is 13.1. The summed E-state index contributed by atoms with van der Waals surface area (Å²) >= 11 is 0. The van der Waals surface area contributed by atoms with Crippen molar-refractivity contribution in [2.45, 2.75) is 51.0 Å². The number of benzene rings is 1. The van der Waals surface area contributed by atoms with E-state index < -0.39 is 0 Å². The summed E-state index contributed by atoms with van der Waals surface area (Å²) in [5.74, 6) is 0.816. The number of pyridine rings is 1. The normalized spacial score (nSPS) is 34.4. The summed E-state index contributed by atoms with van der Waals surface area (Å²) in [5.41, 5.74) is 0.735. The van der Waals surface area contributed by atoms with E-state index in [2.05, 4.69) is 10.3 Å². The third-order valence-corrected chi connectivity index (χ3v) is 8.32. The largest absolute Gasteiger partial charge is 0.324 e. The van der Waals surface area contributed by atoms with E-state index in [0.717, 1.165) is 48.6 Å². The number of anilines is 1. The molecule has 160 valence electrons. The minimum atomic E-state index is -0.0984. The number of nitrogens with zero attached hydrogens (tertiary/aromatic N) is 2. The van der Waals surface area contributed by atoms with E-state index in [1.54, 1.807) is 17.3 Å². The molecule has 1 saturated heterocycles. The van der Waals surface area contributed by atoms with Crippen LogP contribution in [0.4, 0.5) is 5.69 Å². The van der Waals surface area contributed by atoms with Gasteiger partial charge in [0.1, 0.15) is 0 Å². The minimum absolute atomic E-state index is 0.00518. The van der Waals surface area contributed by atoms with Crippen molar-refractivity contribution in [3.63, 3.8) is 0 Å². The zero-order valence-electron chi connectivity index (χ0n) is 17.5. The molecule has 4 aliphatic rings. The molecule has 0 spiro atoms. The van der Waals surface area contributed by atoms with E-state index >= 15 is 0 Å². The second kappa shape index (κ2) is 7.14. The lowest BCUT2D eigenvalue weighted by Gasteiger charge is -2.33. The van der Waals surface area contributed by atoms with Crippen LogP contribution in [0.15, 0.2) is 36.7 Å². The minimum Gasteiger partial charge on any atom is -0.324 e. The van der Waals surface area contributed by atoms with Crippen molar-refractivity contribution in [1.82, 2.24) is 9.88 Å². The zero-order chi connectivity index (χ0) is 21.1. The average Bonchev–Trinajstić information content (AvgIpc) is 3.48. The Morgan fingerprint density at radius 2 is 1.58 bits per heavy atom. The fraction of sp³-hybridized carbons (Fsp3) is 0.520. The first kappa shape index (κ1) is 19.0. The van der Waals surface area contributed by atoms with Gasteiger partial charge in [-0.1, -0.05) is 24.3 Å². The fourth-order valence-corrected chi connectivity index (χ4v) is 6.84. The molecule has 2 bridgehead atoms. The number of rotatable bonds is 3. The second-order valence-corrected chi connectivity index (χ2v) is 9.83. The molecule has 0 radical (unpaired) electrons. The number of aromatic nitrogens is 1. The average molecular weight is 418 g/mol. The maximum Gasteiger partial charge on any atom is 0.233 e. The van der Waals surface area contributed by atoms with Crippen molar-refractivity contribution in [3.8, 4) is 0 Å². The Morgan fingerprint density at radius 1 is 0.903 bits per heavy atom. The standard InChI is InChI=1S/C25H27N3O3/c29-23(27-20-13-26-12-17-3-1-2-4-19(17)20)14-7-9-18(10-8-14)28-24(30)21-15-5-6-16(11-15)22(21)25(28)31/h1-4,12-16,18,21-22H,5-11H2,(H,27,29)/t14?,15-,16+,18?,21-,22+. The van der Waals surface area contributed by atoms with Gasteiger partial charge >= 0.3 is 0 Å². The van der Waals surface area contributed by atoms with Gasteiger partial charge in [-0.15, -0.1) is 0 Å². The molecule has 1 aromatic heterocycles. The molecule has 6 heteroatoms. The third kappa shape index (κ3) is 2.91. The zero-order valence-corrected chi connectivity index (χ0v) is 17.5. The van der Waals surface area contributed by atoms with Gasteiger partial charge in [0.15, 0.2) is 0 Å². The summed E-state index contributed by atoms with van der Waals surface area (Å²) in [5, 5.41) is 5.04. The van der Waals surface area contributed by atoms with Gasteiger partial charge in [0.2, 0.25) is 17.7 Å². The number of amides is 3. The quantitative estimate of drug-likeness (QED) is 0.771. The van der Waals surface area contributed by atoms with Gasteiger partial charge in [0.05, 0.1) is 23.7 Å². The van der Waals surface area contributed by atoms with Crippen molar-refractivity contribution >= 4 is 34.2 Å². The van der Waals surface area contributed by atoms with E-state index in [4.69, 9.17) is 0 Å². The molecule has 6 nitrogen and oxygen atoms in total. The highest BCUT2D eigenvalue weighted by molar-refractivity contribution is 6.06. The Kier molecular flexibility index (Phi) is 4.37. The summed E-state index contributed by atoms with van der Waals surface area (Å²) in [6.07, 6.45) is 9.61. The van der Waals surface area contributed by atoms with Crippen LogP contribution in [0.2, 0.25) is 0 Å². The molecular formula is C25H27N3O3. The Labute approximate surface area is 181 Å². The first-order chi connectivity index (χ1) is 15.1. The van der Waals surface area contributed by atoms with E-state index in [9.17, 15) is 14.4 Å². The van der Waals surface area contributed by atoms with Crippen LogP contribution in [-0.4, -0.2) is 33.6 Å². The summed E-state index contributed by atoms with van der Waals surface area (Å²) in [6.45, 7) is 0. The number of fused-ring (bicyclic) bond motifs is 6.